The molecule has 12 nitrogen and oxygen atoms in total. The van der Waals surface area contributed by atoms with Crippen LogP contribution in [0.5, 0.6) is 17.4 Å². The summed E-state index contributed by atoms with van der Waals surface area (Å²) in [7, 11) is -1.23. The number of benzene rings is 1. The normalized spacial score (nSPS) is 30.6. The average molecular weight is 701 g/mol. The number of allylic oxidation sites excluding steroid dienone is 1. The van der Waals surface area contributed by atoms with Gasteiger partial charge in [-0.15, -0.1) is 0 Å². The lowest BCUT2D eigenvalue weighted by molar-refractivity contribution is -0.140. The summed E-state index contributed by atoms with van der Waals surface area (Å²) >= 11 is 0. The number of carbonyl (C=O) groups is 3. The van der Waals surface area contributed by atoms with Gasteiger partial charge in [0.2, 0.25) is 27.7 Å². The second-order valence-corrected chi connectivity index (χ2v) is 16.3. The maximum Gasteiger partial charge on any atom is 0.259 e. The molecule has 1 aromatic heterocycles. The number of alkyl halides is 1. The van der Waals surface area contributed by atoms with E-state index in [1.165, 1.54) is 12.0 Å². The molecule has 2 aliphatic carbocycles. The quantitative estimate of drug-likeness (QED) is 0.392. The van der Waals surface area contributed by atoms with Crippen molar-refractivity contribution in [3.63, 3.8) is 0 Å². The number of carbonyl (C=O) groups excluding carboxylic acids is 3. The van der Waals surface area contributed by atoms with Gasteiger partial charge in [-0.1, -0.05) is 26.0 Å². The van der Waals surface area contributed by atoms with Crippen LogP contribution in [0, 0.1) is 17.8 Å². The SMILES string of the molecule is COc1cc2ccnc(O[C@@H]3C[C@H]4C(=O)N[C@]5(C(=O)NS(=O)(=O)C6(CF)CC6)C[C@H]5/C=C\CC[C@H](C)C[C@@H](C)CC(=O)N4C3)c2cc1OC. The van der Waals surface area contributed by atoms with E-state index in [0.29, 0.717) is 28.7 Å². The van der Waals surface area contributed by atoms with Crippen LogP contribution in [0.25, 0.3) is 10.8 Å². The number of nitrogens with one attached hydrogen (secondary N) is 2. The molecule has 3 amide bonds. The molecule has 1 aromatic carbocycles. The Morgan fingerprint density at radius 1 is 1.12 bits per heavy atom. The summed E-state index contributed by atoms with van der Waals surface area (Å²) in [6.07, 6.45) is 8.02. The molecule has 3 heterocycles. The summed E-state index contributed by atoms with van der Waals surface area (Å²) in [4.78, 5) is 47.6. The van der Waals surface area contributed by atoms with Crippen molar-refractivity contribution in [2.45, 2.75) is 87.6 Å². The zero-order chi connectivity index (χ0) is 35.1. The number of fused-ring (bicyclic) bond motifs is 3. The third-order valence-corrected chi connectivity index (χ3v) is 12.6. The standard InChI is InChI=1S/C35H45FN4O8S/c1-21-7-5-6-8-24-18-35(24,33(43)39-49(44,45)34(20-36)10-11-34)38-31(42)27-16-25(19-40(27)30(41)14-22(2)13-21)48-32-26-17-29(47-4)28(46-3)15-23(26)9-12-37-32/h6,8-9,12,15,17,21-22,24-25,27H,5,7,10-11,13-14,16,18-20H2,1-4H3,(H,38,42)(H,39,43)/b8-6-/t21-,22+,24+,25+,27-,35+/m0/s1. The van der Waals surface area contributed by atoms with Gasteiger partial charge in [-0.2, -0.15) is 0 Å². The molecule has 6 rings (SSSR count). The molecular weight excluding hydrogens is 655 g/mol. The summed E-state index contributed by atoms with van der Waals surface area (Å²) < 4.78 is 57.6. The second-order valence-electron chi connectivity index (χ2n) is 14.3. The molecule has 266 valence electrons. The van der Waals surface area contributed by atoms with Gasteiger partial charge < -0.3 is 24.4 Å². The molecule has 14 heteroatoms. The van der Waals surface area contributed by atoms with Crippen molar-refractivity contribution in [2.24, 2.45) is 17.8 Å². The largest absolute Gasteiger partial charge is 0.493 e. The van der Waals surface area contributed by atoms with E-state index < -0.39 is 56.9 Å². The van der Waals surface area contributed by atoms with Gasteiger partial charge in [0.25, 0.3) is 5.91 Å². The van der Waals surface area contributed by atoms with E-state index in [0.717, 1.165) is 24.6 Å². The molecule has 1 saturated heterocycles. The number of methoxy groups -OCH3 is 2. The van der Waals surface area contributed by atoms with Crippen molar-refractivity contribution in [2.75, 3.05) is 27.4 Å². The minimum absolute atomic E-state index is 0.0726. The van der Waals surface area contributed by atoms with E-state index in [1.54, 1.807) is 19.4 Å². The number of amides is 3. The first-order valence-electron chi connectivity index (χ1n) is 16.9. The Hall–Kier alpha value is -3.94. The van der Waals surface area contributed by atoms with Crippen LogP contribution in [0.2, 0.25) is 0 Å². The molecule has 49 heavy (non-hydrogen) atoms. The number of sulfonamides is 1. The van der Waals surface area contributed by atoms with Gasteiger partial charge in [-0.3, -0.25) is 19.1 Å². The van der Waals surface area contributed by atoms with Crippen molar-refractivity contribution >= 4 is 38.5 Å². The van der Waals surface area contributed by atoms with Crippen LogP contribution in [0.15, 0.2) is 36.5 Å². The highest BCUT2D eigenvalue weighted by Crippen LogP contribution is 2.48. The van der Waals surface area contributed by atoms with Crippen molar-refractivity contribution in [3.05, 3.63) is 36.5 Å². The summed E-state index contributed by atoms with van der Waals surface area (Å²) in [5.74, 6) is -0.400. The van der Waals surface area contributed by atoms with Gasteiger partial charge in [0, 0.05) is 30.3 Å². The van der Waals surface area contributed by atoms with Crippen molar-refractivity contribution in [3.8, 4) is 17.4 Å². The second kappa shape index (κ2) is 13.4. The Morgan fingerprint density at radius 2 is 1.86 bits per heavy atom. The molecule has 3 fully saturated rings. The number of rotatable bonds is 8. The Kier molecular flexibility index (Phi) is 9.55. The van der Waals surface area contributed by atoms with Gasteiger partial charge in [0.1, 0.15) is 29.1 Å². The number of hydrogen-bond donors (Lipinski definition) is 2. The molecule has 2 saturated carbocycles. The lowest BCUT2D eigenvalue weighted by atomic mass is 9.91. The smallest absolute Gasteiger partial charge is 0.259 e. The Balaban J connectivity index is 1.29. The molecule has 0 unspecified atom stereocenters. The third kappa shape index (κ3) is 6.80. The number of ether oxygens (including phenoxy) is 3. The van der Waals surface area contributed by atoms with E-state index in [4.69, 9.17) is 14.2 Å². The monoisotopic (exact) mass is 700 g/mol. The van der Waals surface area contributed by atoms with Gasteiger partial charge in [-0.05, 0) is 73.9 Å². The van der Waals surface area contributed by atoms with E-state index >= 15 is 0 Å². The fraction of sp³-hybridized carbons (Fsp3) is 0.600. The zero-order valence-electron chi connectivity index (χ0n) is 28.4. The van der Waals surface area contributed by atoms with Gasteiger partial charge in [0.05, 0.1) is 20.8 Å². The predicted octanol–water partition coefficient (Wildman–Crippen LogP) is 3.83. The fourth-order valence-corrected chi connectivity index (χ4v) is 8.72. The first-order chi connectivity index (χ1) is 23.3. The summed E-state index contributed by atoms with van der Waals surface area (Å²) in [6.45, 7) is 3.19. The van der Waals surface area contributed by atoms with Crippen LogP contribution in [0.3, 0.4) is 0 Å². The minimum atomic E-state index is -4.31. The van der Waals surface area contributed by atoms with Gasteiger partial charge in [0.15, 0.2) is 11.5 Å². The molecule has 2 aromatic rings. The van der Waals surface area contributed by atoms with E-state index in [1.807, 2.05) is 31.2 Å². The van der Waals surface area contributed by atoms with Crippen LogP contribution in [-0.2, 0) is 24.4 Å². The van der Waals surface area contributed by atoms with E-state index in [9.17, 15) is 27.2 Å². The minimum Gasteiger partial charge on any atom is -0.493 e. The Morgan fingerprint density at radius 3 is 2.55 bits per heavy atom. The van der Waals surface area contributed by atoms with Crippen LogP contribution in [0.4, 0.5) is 4.39 Å². The Labute approximate surface area is 286 Å². The van der Waals surface area contributed by atoms with Crippen molar-refractivity contribution in [1.29, 1.82) is 0 Å². The lowest BCUT2D eigenvalue weighted by Crippen LogP contribution is -2.57. The van der Waals surface area contributed by atoms with Crippen LogP contribution in [0.1, 0.15) is 65.2 Å². The lowest BCUT2D eigenvalue weighted by Gasteiger charge is -2.28. The van der Waals surface area contributed by atoms with E-state index in [-0.39, 0.29) is 50.5 Å². The van der Waals surface area contributed by atoms with Gasteiger partial charge in [-0.25, -0.2) is 17.8 Å². The first-order valence-corrected chi connectivity index (χ1v) is 18.4. The molecule has 0 radical (unpaired) electrons. The van der Waals surface area contributed by atoms with Crippen LogP contribution >= 0.6 is 0 Å². The van der Waals surface area contributed by atoms with Crippen molar-refractivity contribution in [1.82, 2.24) is 19.9 Å². The van der Waals surface area contributed by atoms with Gasteiger partial charge >= 0.3 is 0 Å². The predicted molar refractivity (Wildman–Crippen MR) is 179 cm³/mol. The van der Waals surface area contributed by atoms with Crippen LogP contribution < -0.4 is 24.2 Å². The number of nitrogens with zero attached hydrogens (tertiary/aromatic N) is 2. The number of halogens is 1. The number of aromatic nitrogens is 1. The van der Waals surface area contributed by atoms with E-state index in [2.05, 4.69) is 21.9 Å². The zero-order valence-corrected chi connectivity index (χ0v) is 29.2. The molecule has 6 atom stereocenters. The fourth-order valence-electron chi connectivity index (χ4n) is 7.30. The van der Waals surface area contributed by atoms with Crippen molar-refractivity contribution < 1.29 is 41.4 Å². The number of hydrogen-bond acceptors (Lipinski definition) is 9. The molecular formula is C35H45FN4O8S. The topological polar surface area (TPSA) is 153 Å². The Bertz CT molecular complexity index is 1760. The summed E-state index contributed by atoms with van der Waals surface area (Å²) in [6, 6.07) is 4.40. The highest BCUT2D eigenvalue weighted by Gasteiger charge is 2.64. The third-order valence-electron chi connectivity index (χ3n) is 10.5. The average Bonchev–Trinajstić information content (AvgIpc) is 3.97. The molecule has 2 aliphatic heterocycles. The molecule has 0 bridgehead atoms. The number of pyridine rings is 1. The van der Waals surface area contributed by atoms with Crippen LogP contribution in [-0.4, -0.2) is 85.9 Å². The maximum atomic E-state index is 14.1. The summed E-state index contributed by atoms with van der Waals surface area (Å²) in [5.41, 5.74) is -1.55. The first kappa shape index (κ1) is 34.9. The highest BCUT2D eigenvalue weighted by atomic mass is 32.2. The molecule has 0 spiro atoms. The summed E-state index contributed by atoms with van der Waals surface area (Å²) in [5, 5.41) is 4.30. The highest BCUT2D eigenvalue weighted by molar-refractivity contribution is 7.91. The molecule has 4 aliphatic rings. The molecule has 2 N–H and O–H groups in total. The maximum absolute atomic E-state index is 14.1.